The van der Waals surface area contributed by atoms with E-state index in [1.54, 1.807) is 6.07 Å². The van der Waals surface area contributed by atoms with Gasteiger partial charge in [-0.2, -0.15) is 13.2 Å². The molecule has 1 unspecified atom stereocenters. The molecule has 8 heteroatoms. The summed E-state index contributed by atoms with van der Waals surface area (Å²) in [6.45, 7) is 1.50. The van der Waals surface area contributed by atoms with Crippen molar-refractivity contribution in [1.82, 2.24) is 5.32 Å². The standard InChI is InChI=1S/C17H18F3NO4/c1-2-13-6-7-15(25-13)16(23)21-9-12(22)10-24-14-5-3-4-11(8-14)17(18,19)20/h3-8,12,22H,2,9-10H2,1H3,(H,21,23). The number of aliphatic hydroxyl groups is 1. The van der Waals surface area contributed by atoms with E-state index in [1.807, 2.05) is 6.92 Å². The third kappa shape index (κ3) is 5.53. The number of ether oxygens (including phenoxy) is 1. The van der Waals surface area contributed by atoms with Gasteiger partial charge in [0, 0.05) is 13.0 Å². The number of alkyl halides is 3. The van der Waals surface area contributed by atoms with Gasteiger partial charge >= 0.3 is 6.18 Å². The van der Waals surface area contributed by atoms with Gasteiger partial charge in [0.25, 0.3) is 5.91 Å². The number of rotatable bonds is 7. The van der Waals surface area contributed by atoms with Crippen molar-refractivity contribution < 1.29 is 32.2 Å². The Bertz CT molecular complexity index is 712. The third-order valence-corrected chi connectivity index (χ3v) is 3.34. The maximum atomic E-state index is 12.6. The Morgan fingerprint density at radius 3 is 2.72 bits per heavy atom. The second-order valence-corrected chi connectivity index (χ2v) is 5.32. The fourth-order valence-corrected chi connectivity index (χ4v) is 2.00. The SMILES string of the molecule is CCc1ccc(C(=O)NCC(O)COc2cccc(C(F)(F)F)c2)o1. The van der Waals surface area contributed by atoms with E-state index in [0.29, 0.717) is 12.2 Å². The summed E-state index contributed by atoms with van der Waals surface area (Å²) in [5, 5.41) is 12.3. The maximum absolute atomic E-state index is 12.6. The molecular weight excluding hydrogens is 339 g/mol. The van der Waals surface area contributed by atoms with E-state index in [0.717, 1.165) is 12.1 Å². The molecule has 1 amide bonds. The van der Waals surface area contributed by atoms with E-state index in [-0.39, 0.29) is 24.7 Å². The molecule has 2 N–H and O–H groups in total. The molecule has 2 aromatic rings. The largest absolute Gasteiger partial charge is 0.491 e. The van der Waals surface area contributed by atoms with Gasteiger partial charge in [0.05, 0.1) is 5.56 Å². The molecule has 1 atom stereocenters. The van der Waals surface area contributed by atoms with E-state index in [2.05, 4.69) is 5.32 Å². The summed E-state index contributed by atoms with van der Waals surface area (Å²) >= 11 is 0. The van der Waals surface area contributed by atoms with Crippen molar-refractivity contribution in [3.05, 3.63) is 53.5 Å². The zero-order valence-electron chi connectivity index (χ0n) is 13.5. The van der Waals surface area contributed by atoms with Crippen molar-refractivity contribution in [3.63, 3.8) is 0 Å². The lowest BCUT2D eigenvalue weighted by atomic mass is 10.2. The monoisotopic (exact) mass is 357 g/mol. The van der Waals surface area contributed by atoms with Crippen molar-refractivity contribution in [3.8, 4) is 5.75 Å². The quantitative estimate of drug-likeness (QED) is 0.799. The summed E-state index contributed by atoms with van der Waals surface area (Å²) in [6, 6.07) is 7.56. The summed E-state index contributed by atoms with van der Waals surface area (Å²) in [5.41, 5.74) is -0.836. The summed E-state index contributed by atoms with van der Waals surface area (Å²) in [7, 11) is 0. The van der Waals surface area contributed by atoms with E-state index in [4.69, 9.17) is 9.15 Å². The number of aliphatic hydroxyl groups excluding tert-OH is 1. The minimum absolute atomic E-state index is 0.0150. The number of hydrogen-bond acceptors (Lipinski definition) is 4. The molecule has 0 radical (unpaired) electrons. The van der Waals surface area contributed by atoms with Gasteiger partial charge in [-0.15, -0.1) is 0 Å². The Hall–Kier alpha value is -2.48. The zero-order chi connectivity index (χ0) is 18.4. The van der Waals surface area contributed by atoms with Crippen LogP contribution < -0.4 is 10.1 Å². The first-order valence-electron chi connectivity index (χ1n) is 7.64. The van der Waals surface area contributed by atoms with Crippen molar-refractivity contribution in [2.75, 3.05) is 13.2 Å². The first kappa shape index (κ1) is 18.9. The molecule has 0 spiro atoms. The number of carbonyl (C=O) groups is 1. The molecule has 1 heterocycles. The topological polar surface area (TPSA) is 71.7 Å². The average molecular weight is 357 g/mol. The normalized spacial score (nSPS) is 12.7. The number of nitrogens with one attached hydrogen (secondary N) is 1. The molecule has 2 rings (SSSR count). The number of aryl methyl sites for hydroxylation is 1. The van der Waals surface area contributed by atoms with Crippen LogP contribution in [0.2, 0.25) is 0 Å². The molecule has 136 valence electrons. The van der Waals surface area contributed by atoms with Crippen LogP contribution in [0.4, 0.5) is 13.2 Å². The van der Waals surface area contributed by atoms with Crippen LogP contribution in [0.5, 0.6) is 5.75 Å². The van der Waals surface area contributed by atoms with E-state index < -0.39 is 23.8 Å². The van der Waals surface area contributed by atoms with Gasteiger partial charge < -0.3 is 19.6 Å². The van der Waals surface area contributed by atoms with Crippen molar-refractivity contribution in [2.45, 2.75) is 25.6 Å². The van der Waals surface area contributed by atoms with Crippen molar-refractivity contribution >= 4 is 5.91 Å². The van der Waals surface area contributed by atoms with Gasteiger partial charge in [-0.05, 0) is 30.3 Å². The van der Waals surface area contributed by atoms with Crippen LogP contribution in [0.1, 0.15) is 28.8 Å². The van der Waals surface area contributed by atoms with Crippen LogP contribution >= 0.6 is 0 Å². The Morgan fingerprint density at radius 2 is 2.08 bits per heavy atom. The third-order valence-electron chi connectivity index (χ3n) is 3.34. The first-order valence-corrected chi connectivity index (χ1v) is 7.64. The number of halogens is 3. The highest BCUT2D eigenvalue weighted by Gasteiger charge is 2.30. The predicted molar refractivity (Wildman–Crippen MR) is 83.4 cm³/mol. The second kappa shape index (κ2) is 8.06. The molecule has 0 fully saturated rings. The van der Waals surface area contributed by atoms with Crippen molar-refractivity contribution in [2.24, 2.45) is 0 Å². The van der Waals surface area contributed by atoms with Crippen LogP contribution in [-0.4, -0.2) is 30.3 Å². The first-order chi connectivity index (χ1) is 11.8. The Balaban J connectivity index is 1.80. The summed E-state index contributed by atoms with van der Waals surface area (Å²) in [4.78, 5) is 11.8. The number of furan rings is 1. The smallest absolute Gasteiger partial charge is 0.416 e. The lowest BCUT2D eigenvalue weighted by Crippen LogP contribution is -2.35. The highest BCUT2D eigenvalue weighted by atomic mass is 19.4. The lowest BCUT2D eigenvalue weighted by molar-refractivity contribution is -0.137. The molecule has 0 saturated heterocycles. The molecule has 0 aliphatic heterocycles. The summed E-state index contributed by atoms with van der Waals surface area (Å²) < 4.78 is 48.2. The molecule has 0 bridgehead atoms. The fraction of sp³-hybridized carbons (Fsp3) is 0.353. The minimum Gasteiger partial charge on any atom is -0.491 e. The molecule has 0 aliphatic rings. The van der Waals surface area contributed by atoms with Gasteiger partial charge in [-0.25, -0.2) is 0 Å². The number of carbonyl (C=O) groups excluding carboxylic acids is 1. The van der Waals surface area contributed by atoms with Gasteiger partial charge in [-0.1, -0.05) is 13.0 Å². The maximum Gasteiger partial charge on any atom is 0.416 e. The Kier molecular flexibility index (Phi) is 6.08. The van der Waals surface area contributed by atoms with Gasteiger partial charge in [0.15, 0.2) is 5.76 Å². The average Bonchev–Trinajstić information content (AvgIpc) is 3.06. The van der Waals surface area contributed by atoms with Crippen molar-refractivity contribution in [1.29, 1.82) is 0 Å². The van der Waals surface area contributed by atoms with Crippen LogP contribution in [0, 0.1) is 0 Å². The predicted octanol–water partition coefficient (Wildman–Crippen LogP) is 3.03. The van der Waals surface area contributed by atoms with Crippen LogP contribution in [0.3, 0.4) is 0 Å². The van der Waals surface area contributed by atoms with E-state index in [1.165, 1.54) is 18.2 Å². The van der Waals surface area contributed by atoms with Gasteiger partial charge in [0.1, 0.15) is 24.2 Å². The van der Waals surface area contributed by atoms with E-state index in [9.17, 15) is 23.1 Å². The summed E-state index contributed by atoms with van der Waals surface area (Å²) in [5.74, 6) is 0.290. The number of amides is 1. The number of benzene rings is 1. The fourth-order valence-electron chi connectivity index (χ4n) is 2.00. The Morgan fingerprint density at radius 1 is 1.32 bits per heavy atom. The Labute approximate surface area is 142 Å². The molecule has 0 saturated carbocycles. The summed E-state index contributed by atoms with van der Waals surface area (Å²) in [6.07, 6.45) is -4.90. The zero-order valence-corrected chi connectivity index (χ0v) is 13.5. The second-order valence-electron chi connectivity index (χ2n) is 5.32. The molecule has 1 aromatic heterocycles. The molecular formula is C17H18F3NO4. The highest BCUT2D eigenvalue weighted by Crippen LogP contribution is 2.31. The van der Waals surface area contributed by atoms with Crippen LogP contribution in [0.25, 0.3) is 0 Å². The van der Waals surface area contributed by atoms with Crippen LogP contribution in [-0.2, 0) is 12.6 Å². The molecule has 0 aliphatic carbocycles. The van der Waals surface area contributed by atoms with Gasteiger partial charge in [-0.3, -0.25) is 4.79 Å². The van der Waals surface area contributed by atoms with E-state index >= 15 is 0 Å². The molecule has 1 aromatic carbocycles. The highest BCUT2D eigenvalue weighted by molar-refractivity contribution is 5.91. The lowest BCUT2D eigenvalue weighted by Gasteiger charge is -2.14. The number of hydrogen-bond donors (Lipinski definition) is 2. The van der Waals surface area contributed by atoms with Gasteiger partial charge in [0.2, 0.25) is 0 Å². The van der Waals surface area contributed by atoms with Crippen LogP contribution in [0.15, 0.2) is 40.8 Å². The molecule has 25 heavy (non-hydrogen) atoms. The molecule has 5 nitrogen and oxygen atoms in total. The minimum atomic E-state index is -4.47.